The Morgan fingerprint density at radius 3 is 2.60 bits per heavy atom. The molecule has 1 aliphatic carbocycles. The number of hydrogen-bond acceptors (Lipinski definition) is 4. The van der Waals surface area contributed by atoms with Crippen molar-refractivity contribution >= 4 is 5.69 Å². The van der Waals surface area contributed by atoms with Crippen molar-refractivity contribution in [1.82, 2.24) is 0 Å². The molecule has 4 heteroatoms. The van der Waals surface area contributed by atoms with E-state index in [2.05, 4.69) is 5.32 Å². The van der Waals surface area contributed by atoms with Gasteiger partial charge in [-0.25, -0.2) is 0 Å². The lowest BCUT2D eigenvalue weighted by Gasteiger charge is -2.29. The molecule has 0 amide bonds. The van der Waals surface area contributed by atoms with Gasteiger partial charge in [-0.15, -0.1) is 0 Å². The highest BCUT2D eigenvalue weighted by Crippen LogP contribution is 2.27. The minimum absolute atomic E-state index is 0.00126. The molecule has 0 unspecified atom stereocenters. The first-order valence-electron chi connectivity index (χ1n) is 7.42. The number of nitrogens with one attached hydrogen (secondary N) is 1. The minimum atomic E-state index is 0.00126. The van der Waals surface area contributed by atoms with E-state index in [4.69, 9.17) is 9.47 Å². The van der Waals surface area contributed by atoms with Crippen LogP contribution < -0.4 is 10.1 Å². The lowest BCUT2D eigenvalue weighted by molar-refractivity contribution is 0.0682. The van der Waals surface area contributed by atoms with Gasteiger partial charge in [0.25, 0.3) is 0 Å². The van der Waals surface area contributed by atoms with Crippen LogP contribution in [0.25, 0.3) is 0 Å². The maximum Gasteiger partial charge on any atom is 0.124 e. The van der Waals surface area contributed by atoms with Gasteiger partial charge < -0.3 is 19.9 Å². The highest BCUT2D eigenvalue weighted by atomic mass is 16.5. The number of hydrogen-bond donors (Lipinski definition) is 2. The fourth-order valence-corrected chi connectivity index (χ4v) is 2.77. The monoisotopic (exact) mass is 279 g/mol. The molecule has 0 spiro atoms. The number of rotatable bonds is 6. The SMILES string of the molecule is CCOc1ccc(NC2CCC(OC)CC2)cc1CO. The zero-order valence-electron chi connectivity index (χ0n) is 12.4. The summed E-state index contributed by atoms with van der Waals surface area (Å²) in [5.41, 5.74) is 1.89. The Morgan fingerprint density at radius 1 is 1.25 bits per heavy atom. The fourth-order valence-electron chi connectivity index (χ4n) is 2.77. The number of anilines is 1. The summed E-state index contributed by atoms with van der Waals surface area (Å²) in [7, 11) is 1.79. The van der Waals surface area contributed by atoms with E-state index in [1.165, 1.54) is 0 Å². The van der Waals surface area contributed by atoms with E-state index >= 15 is 0 Å². The van der Waals surface area contributed by atoms with Crippen molar-refractivity contribution in [2.75, 3.05) is 19.0 Å². The van der Waals surface area contributed by atoms with Crippen LogP contribution in [0.15, 0.2) is 18.2 Å². The third-order valence-corrected chi connectivity index (χ3v) is 3.91. The van der Waals surface area contributed by atoms with Crippen molar-refractivity contribution in [3.8, 4) is 5.75 Å². The molecule has 0 heterocycles. The Labute approximate surface area is 121 Å². The van der Waals surface area contributed by atoms with Gasteiger partial charge in [0.2, 0.25) is 0 Å². The average molecular weight is 279 g/mol. The largest absolute Gasteiger partial charge is 0.494 e. The van der Waals surface area contributed by atoms with E-state index in [0.29, 0.717) is 18.8 Å². The molecular weight excluding hydrogens is 254 g/mol. The molecule has 0 atom stereocenters. The molecule has 0 bridgehead atoms. The second-order valence-corrected chi connectivity index (χ2v) is 5.27. The molecule has 1 aromatic rings. The van der Waals surface area contributed by atoms with Crippen LogP contribution in [-0.2, 0) is 11.3 Å². The fraction of sp³-hybridized carbons (Fsp3) is 0.625. The second kappa shape index (κ2) is 7.50. The van der Waals surface area contributed by atoms with Crippen molar-refractivity contribution in [3.63, 3.8) is 0 Å². The van der Waals surface area contributed by atoms with Gasteiger partial charge in [0, 0.05) is 24.4 Å². The summed E-state index contributed by atoms with van der Waals surface area (Å²) in [6.07, 6.45) is 4.89. The summed E-state index contributed by atoms with van der Waals surface area (Å²) in [5, 5.41) is 13.0. The smallest absolute Gasteiger partial charge is 0.124 e. The Kier molecular flexibility index (Phi) is 5.68. The molecule has 4 nitrogen and oxygen atoms in total. The van der Waals surface area contributed by atoms with Gasteiger partial charge in [-0.1, -0.05) is 0 Å². The predicted octanol–water partition coefficient (Wildman–Crippen LogP) is 2.95. The maximum atomic E-state index is 9.42. The highest BCUT2D eigenvalue weighted by molar-refractivity contribution is 5.51. The Morgan fingerprint density at radius 2 is 2.00 bits per heavy atom. The van der Waals surface area contributed by atoms with Gasteiger partial charge in [-0.05, 0) is 50.8 Å². The number of ether oxygens (including phenoxy) is 2. The van der Waals surface area contributed by atoms with Crippen LogP contribution in [0.5, 0.6) is 5.75 Å². The van der Waals surface area contributed by atoms with Crippen LogP contribution in [-0.4, -0.2) is 31.0 Å². The normalized spacial score (nSPS) is 22.6. The van der Waals surface area contributed by atoms with Crippen LogP contribution in [0.1, 0.15) is 38.2 Å². The van der Waals surface area contributed by atoms with Crippen molar-refractivity contribution in [2.24, 2.45) is 0 Å². The van der Waals surface area contributed by atoms with Crippen LogP contribution in [0.4, 0.5) is 5.69 Å². The van der Waals surface area contributed by atoms with Gasteiger partial charge in [-0.2, -0.15) is 0 Å². The molecule has 0 saturated heterocycles. The van der Waals surface area contributed by atoms with Crippen molar-refractivity contribution < 1.29 is 14.6 Å². The summed E-state index contributed by atoms with van der Waals surface area (Å²) < 4.78 is 10.9. The first-order valence-corrected chi connectivity index (χ1v) is 7.42. The van der Waals surface area contributed by atoms with Gasteiger partial charge in [-0.3, -0.25) is 0 Å². The van der Waals surface area contributed by atoms with Crippen LogP contribution in [0.2, 0.25) is 0 Å². The molecule has 0 aliphatic heterocycles. The third-order valence-electron chi connectivity index (χ3n) is 3.91. The summed E-state index contributed by atoms with van der Waals surface area (Å²) in [4.78, 5) is 0. The van der Waals surface area contributed by atoms with Crippen molar-refractivity contribution in [1.29, 1.82) is 0 Å². The highest BCUT2D eigenvalue weighted by Gasteiger charge is 2.20. The number of aliphatic hydroxyl groups excluding tert-OH is 1. The van der Waals surface area contributed by atoms with Crippen LogP contribution in [0.3, 0.4) is 0 Å². The van der Waals surface area contributed by atoms with Gasteiger partial charge in [0.15, 0.2) is 0 Å². The lowest BCUT2D eigenvalue weighted by atomic mass is 9.93. The molecule has 2 rings (SSSR count). The quantitative estimate of drug-likeness (QED) is 0.840. The molecule has 20 heavy (non-hydrogen) atoms. The Balaban J connectivity index is 1.96. The van der Waals surface area contributed by atoms with Crippen LogP contribution in [0, 0.1) is 0 Å². The van der Waals surface area contributed by atoms with E-state index in [1.807, 2.05) is 25.1 Å². The summed E-state index contributed by atoms with van der Waals surface area (Å²) in [6, 6.07) is 6.42. The zero-order chi connectivity index (χ0) is 14.4. The average Bonchev–Trinajstić information content (AvgIpc) is 2.50. The van der Waals surface area contributed by atoms with Gasteiger partial charge in [0.05, 0.1) is 19.3 Å². The Bertz CT molecular complexity index is 414. The molecule has 1 aromatic carbocycles. The molecule has 1 saturated carbocycles. The first kappa shape index (κ1) is 15.1. The van der Waals surface area contributed by atoms with Crippen molar-refractivity contribution in [3.05, 3.63) is 23.8 Å². The summed E-state index contributed by atoms with van der Waals surface area (Å²) in [5.74, 6) is 0.767. The topological polar surface area (TPSA) is 50.7 Å². The third kappa shape index (κ3) is 3.87. The number of methoxy groups -OCH3 is 1. The summed E-state index contributed by atoms with van der Waals surface area (Å²) in [6.45, 7) is 2.56. The van der Waals surface area contributed by atoms with E-state index < -0.39 is 0 Å². The minimum Gasteiger partial charge on any atom is -0.494 e. The van der Waals surface area contributed by atoms with E-state index in [0.717, 1.165) is 42.7 Å². The summed E-state index contributed by atoms with van der Waals surface area (Å²) >= 11 is 0. The molecule has 1 fully saturated rings. The maximum absolute atomic E-state index is 9.42. The molecule has 2 N–H and O–H groups in total. The van der Waals surface area contributed by atoms with E-state index in [-0.39, 0.29) is 6.61 Å². The molecule has 112 valence electrons. The predicted molar refractivity (Wildman–Crippen MR) is 80.2 cm³/mol. The van der Waals surface area contributed by atoms with Crippen molar-refractivity contribution in [2.45, 2.75) is 51.4 Å². The lowest BCUT2D eigenvalue weighted by Crippen LogP contribution is -2.29. The zero-order valence-corrected chi connectivity index (χ0v) is 12.4. The number of aliphatic hydroxyl groups is 1. The number of benzene rings is 1. The second-order valence-electron chi connectivity index (χ2n) is 5.27. The van der Waals surface area contributed by atoms with Gasteiger partial charge >= 0.3 is 0 Å². The molecule has 0 radical (unpaired) electrons. The molecule has 0 aromatic heterocycles. The Hall–Kier alpha value is -1.26. The molecule has 1 aliphatic rings. The first-order chi connectivity index (χ1) is 9.76. The van der Waals surface area contributed by atoms with Crippen LogP contribution >= 0.6 is 0 Å². The van der Waals surface area contributed by atoms with Gasteiger partial charge in [0.1, 0.15) is 5.75 Å². The standard InChI is InChI=1S/C16H25NO3/c1-3-20-16-9-6-14(10-12(16)11-18)17-13-4-7-15(19-2)8-5-13/h6,9-10,13,15,17-18H,3-5,7-8,11H2,1-2H3. The van der Waals surface area contributed by atoms with E-state index in [9.17, 15) is 5.11 Å². The van der Waals surface area contributed by atoms with E-state index in [1.54, 1.807) is 7.11 Å². The molecular formula is C16H25NO3.